The number of fused-ring (bicyclic) bond motifs is 1. The van der Waals surface area contributed by atoms with Crippen molar-refractivity contribution in [2.24, 2.45) is 5.92 Å². The first-order valence-electron chi connectivity index (χ1n) is 10.4. The van der Waals surface area contributed by atoms with Gasteiger partial charge in [0, 0.05) is 6.54 Å². The summed E-state index contributed by atoms with van der Waals surface area (Å²) >= 11 is 6.28. The molecule has 0 aromatic heterocycles. The Morgan fingerprint density at radius 2 is 1.87 bits per heavy atom. The zero-order valence-corrected chi connectivity index (χ0v) is 19.1. The van der Waals surface area contributed by atoms with E-state index in [2.05, 4.69) is 43.1 Å². The Labute approximate surface area is 184 Å². The van der Waals surface area contributed by atoms with Gasteiger partial charge in [-0.1, -0.05) is 44.5 Å². The number of hydrogen-bond donors (Lipinski definition) is 1. The van der Waals surface area contributed by atoms with Crippen LogP contribution in [0.4, 0.5) is 0 Å². The molecule has 0 unspecified atom stereocenters. The second kappa shape index (κ2) is 9.71. The van der Waals surface area contributed by atoms with Crippen molar-refractivity contribution in [3.05, 3.63) is 58.1 Å². The van der Waals surface area contributed by atoms with Crippen molar-refractivity contribution in [2.75, 3.05) is 27.3 Å². The molecule has 0 radical (unpaired) electrons. The molecule has 1 N–H and O–H groups in total. The second-order valence-electron chi connectivity index (χ2n) is 7.95. The van der Waals surface area contributed by atoms with Gasteiger partial charge in [0.1, 0.15) is 0 Å². The average molecular weight is 431 g/mol. The van der Waals surface area contributed by atoms with Crippen LogP contribution >= 0.6 is 11.6 Å². The molecule has 0 aliphatic carbocycles. The SMILES string of the molecule is CCN1CCc2cc(OC)c(OC)cc2[C@H]1[C@@H](NC(=O)c1ccccc1Cl)C(C)C. The van der Waals surface area contributed by atoms with Crippen LogP contribution in [0.5, 0.6) is 11.5 Å². The summed E-state index contributed by atoms with van der Waals surface area (Å²) < 4.78 is 11.1. The molecule has 0 saturated carbocycles. The highest BCUT2D eigenvalue weighted by molar-refractivity contribution is 6.33. The van der Waals surface area contributed by atoms with E-state index >= 15 is 0 Å². The van der Waals surface area contributed by atoms with E-state index in [0.29, 0.717) is 16.3 Å². The van der Waals surface area contributed by atoms with Crippen molar-refractivity contribution in [3.8, 4) is 11.5 Å². The lowest BCUT2D eigenvalue weighted by Gasteiger charge is -2.43. The van der Waals surface area contributed by atoms with Crippen molar-refractivity contribution < 1.29 is 14.3 Å². The number of benzene rings is 2. The highest BCUT2D eigenvalue weighted by atomic mass is 35.5. The number of likely N-dealkylation sites (N-methyl/N-ethyl adjacent to an activating group) is 1. The van der Waals surface area contributed by atoms with E-state index in [4.69, 9.17) is 21.1 Å². The van der Waals surface area contributed by atoms with Crippen LogP contribution < -0.4 is 14.8 Å². The maximum Gasteiger partial charge on any atom is 0.253 e. The number of carbonyl (C=O) groups is 1. The Hall–Kier alpha value is -2.24. The lowest BCUT2D eigenvalue weighted by molar-refractivity contribution is 0.0834. The first-order chi connectivity index (χ1) is 14.4. The normalized spacial score (nSPS) is 17.4. The third-order valence-electron chi connectivity index (χ3n) is 5.91. The lowest BCUT2D eigenvalue weighted by atomic mass is 9.83. The molecular weight excluding hydrogens is 400 g/mol. The van der Waals surface area contributed by atoms with Crippen LogP contribution in [0.2, 0.25) is 5.02 Å². The van der Waals surface area contributed by atoms with Gasteiger partial charge >= 0.3 is 0 Å². The maximum atomic E-state index is 13.1. The summed E-state index contributed by atoms with van der Waals surface area (Å²) in [6, 6.07) is 11.2. The molecule has 0 saturated heterocycles. The minimum Gasteiger partial charge on any atom is -0.493 e. The summed E-state index contributed by atoms with van der Waals surface area (Å²) in [6.07, 6.45) is 0.934. The molecule has 1 aliphatic rings. The van der Waals surface area contributed by atoms with E-state index in [1.54, 1.807) is 26.4 Å². The highest BCUT2D eigenvalue weighted by Crippen LogP contribution is 2.40. The number of methoxy groups -OCH3 is 2. The third kappa shape index (κ3) is 4.42. The summed E-state index contributed by atoms with van der Waals surface area (Å²) in [7, 11) is 3.31. The van der Waals surface area contributed by atoms with Gasteiger partial charge in [0.2, 0.25) is 0 Å². The highest BCUT2D eigenvalue weighted by Gasteiger charge is 2.36. The van der Waals surface area contributed by atoms with Gasteiger partial charge in [0.15, 0.2) is 11.5 Å². The number of nitrogens with one attached hydrogen (secondary N) is 1. The molecule has 1 amide bonds. The monoisotopic (exact) mass is 430 g/mol. The Morgan fingerprint density at radius 1 is 1.20 bits per heavy atom. The predicted molar refractivity (Wildman–Crippen MR) is 121 cm³/mol. The van der Waals surface area contributed by atoms with Crippen LogP contribution in [0.25, 0.3) is 0 Å². The number of amides is 1. The molecule has 5 nitrogen and oxygen atoms in total. The van der Waals surface area contributed by atoms with Crippen molar-refractivity contribution in [2.45, 2.75) is 39.3 Å². The summed E-state index contributed by atoms with van der Waals surface area (Å²) in [5.41, 5.74) is 2.91. The van der Waals surface area contributed by atoms with Crippen LogP contribution in [0.3, 0.4) is 0 Å². The van der Waals surface area contributed by atoms with Gasteiger partial charge in [-0.15, -0.1) is 0 Å². The lowest BCUT2D eigenvalue weighted by Crippen LogP contribution is -2.51. The summed E-state index contributed by atoms with van der Waals surface area (Å²) in [6.45, 7) is 8.26. The van der Waals surface area contributed by atoms with Gasteiger partial charge in [-0.2, -0.15) is 0 Å². The van der Waals surface area contributed by atoms with E-state index in [1.807, 2.05) is 12.1 Å². The fraction of sp³-hybridized carbons (Fsp3) is 0.458. The van der Waals surface area contributed by atoms with Crippen LogP contribution in [0, 0.1) is 5.92 Å². The van der Waals surface area contributed by atoms with Gasteiger partial charge in [0.25, 0.3) is 5.91 Å². The summed E-state index contributed by atoms with van der Waals surface area (Å²) in [5, 5.41) is 3.74. The molecule has 30 heavy (non-hydrogen) atoms. The Bertz CT molecular complexity index is 900. The van der Waals surface area contributed by atoms with E-state index < -0.39 is 0 Å². The fourth-order valence-electron chi connectivity index (χ4n) is 4.29. The molecule has 0 spiro atoms. The quantitative estimate of drug-likeness (QED) is 0.689. The second-order valence-corrected chi connectivity index (χ2v) is 8.36. The van der Waals surface area contributed by atoms with Gasteiger partial charge < -0.3 is 14.8 Å². The average Bonchev–Trinajstić information content (AvgIpc) is 2.75. The fourth-order valence-corrected chi connectivity index (χ4v) is 4.51. The number of rotatable bonds is 7. The Balaban J connectivity index is 2.02. The molecule has 2 aromatic carbocycles. The van der Waals surface area contributed by atoms with Crippen molar-refractivity contribution >= 4 is 17.5 Å². The zero-order chi connectivity index (χ0) is 21.8. The molecule has 6 heteroatoms. The van der Waals surface area contributed by atoms with E-state index in [9.17, 15) is 4.79 Å². The first-order valence-corrected chi connectivity index (χ1v) is 10.8. The molecule has 162 valence electrons. The van der Waals surface area contributed by atoms with E-state index in [1.165, 1.54) is 11.1 Å². The van der Waals surface area contributed by atoms with Gasteiger partial charge in [-0.3, -0.25) is 9.69 Å². The van der Waals surface area contributed by atoms with Gasteiger partial charge in [-0.05, 0) is 54.3 Å². The largest absolute Gasteiger partial charge is 0.493 e. The molecule has 3 rings (SSSR count). The molecular formula is C24H31ClN2O3. The van der Waals surface area contributed by atoms with Gasteiger partial charge in [0.05, 0.1) is 36.9 Å². The Kier molecular flexibility index (Phi) is 7.27. The molecule has 0 fully saturated rings. The maximum absolute atomic E-state index is 13.1. The summed E-state index contributed by atoms with van der Waals surface area (Å²) in [4.78, 5) is 15.5. The van der Waals surface area contributed by atoms with Crippen LogP contribution in [0.1, 0.15) is 48.3 Å². The van der Waals surface area contributed by atoms with Crippen molar-refractivity contribution in [3.63, 3.8) is 0 Å². The standard InChI is InChI=1S/C24H31ClN2O3/c1-6-27-12-11-16-13-20(29-4)21(30-5)14-18(16)23(27)22(15(2)3)26-24(28)17-9-7-8-10-19(17)25/h7-10,13-15,22-23H,6,11-12H2,1-5H3,(H,26,28)/t22-,23-/m0/s1. The minimum absolute atomic E-state index is 0.0324. The number of halogens is 1. The van der Waals surface area contributed by atoms with Crippen LogP contribution in [-0.2, 0) is 6.42 Å². The summed E-state index contributed by atoms with van der Waals surface area (Å²) in [5.74, 6) is 1.51. The zero-order valence-electron chi connectivity index (χ0n) is 18.4. The van der Waals surface area contributed by atoms with Gasteiger partial charge in [-0.25, -0.2) is 0 Å². The smallest absolute Gasteiger partial charge is 0.253 e. The minimum atomic E-state index is -0.150. The van der Waals surface area contributed by atoms with Crippen LogP contribution in [-0.4, -0.2) is 44.2 Å². The third-order valence-corrected chi connectivity index (χ3v) is 6.24. The van der Waals surface area contributed by atoms with E-state index in [-0.39, 0.29) is 23.9 Å². The van der Waals surface area contributed by atoms with E-state index in [0.717, 1.165) is 25.3 Å². The predicted octanol–water partition coefficient (Wildman–Crippen LogP) is 4.73. The topological polar surface area (TPSA) is 50.8 Å². The number of carbonyl (C=O) groups excluding carboxylic acids is 1. The number of nitrogens with zero attached hydrogens (tertiary/aromatic N) is 1. The first kappa shape index (κ1) is 22.4. The molecule has 1 heterocycles. The molecule has 2 aromatic rings. The molecule has 2 atom stereocenters. The molecule has 0 bridgehead atoms. The van der Waals surface area contributed by atoms with Crippen LogP contribution in [0.15, 0.2) is 36.4 Å². The van der Waals surface area contributed by atoms with Crippen molar-refractivity contribution in [1.29, 1.82) is 0 Å². The number of ether oxygens (including phenoxy) is 2. The molecule has 1 aliphatic heterocycles. The van der Waals surface area contributed by atoms with Crippen molar-refractivity contribution in [1.82, 2.24) is 10.2 Å². The number of hydrogen-bond acceptors (Lipinski definition) is 4. The Morgan fingerprint density at radius 3 is 2.47 bits per heavy atom.